The Bertz CT molecular complexity index is 625. The highest BCUT2D eigenvalue weighted by Gasteiger charge is 2.29. The second-order valence-electron chi connectivity index (χ2n) is 4.55. The Labute approximate surface area is 129 Å². The molecule has 0 unspecified atom stereocenters. The number of hydrogen-bond acceptors (Lipinski definition) is 4. The van der Waals surface area contributed by atoms with Gasteiger partial charge in [-0.3, -0.25) is 4.79 Å². The highest BCUT2D eigenvalue weighted by Crippen LogP contribution is 2.22. The summed E-state index contributed by atoms with van der Waals surface area (Å²) in [6.07, 6.45) is 6.82. The molecular formula is C14H18N2O3S2. The molecule has 5 nitrogen and oxygen atoms in total. The maximum Gasteiger partial charge on any atom is 0.252 e. The molecule has 114 valence electrons. The predicted molar refractivity (Wildman–Crippen MR) is 83.6 cm³/mol. The Morgan fingerprint density at radius 3 is 2.52 bits per heavy atom. The van der Waals surface area contributed by atoms with Gasteiger partial charge in [0.05, 0.1) is 0 Å². The minimum atomic E-state index is -3.40. The van der Waals surface area contributed by atoms with E-state index in [4.69, 9.17) is 0 Å². The first-order chi connectivity index (χ1) is 10.1. The van der Waals surface area contributed by atoms with E-state index in [0.717, 1.165) is 0 Å². The predicted octanol–water partition coefficient (Wildman–Crippen LogP) is 1.71. The van der Waals surface area contributed by atoms with E-state index < -0.39 is 10.0 Å². The fourth-order valence-corrected chi connectivity index (χ4v) is 4.61. The number of amides is 1. The second kappa shape index (κ2) is 7.02. The number of nitrogens with zero attached hydrogens (tertiary/aromatic N) is 2. The number of hydrogen-bond donors (Lipinski definition) is 0. The van der Waals surface area contributed by atoms with Crippen molar-refractivity contribution < 1.29 is 13.2 Å². The summed E-state index contributed by atoms with van der Waals surface area (Å²) in [6, 6.07) is 3.33. The van der Waals surface area contributed by atoms with E-state index in [1.165, 1.54) is 21.7 Å². The van der Waals surface area contributed by atoms with Gasteiger partial charge in [0.25, 0.3) is 10.0 Å². The van der Waals surface area contributed by atoms with Gasteiger partial charge in [0, 0.05) is 32.3 Å². The molecule has 0 N–H and O–H groups in total. The van der Waals surface area contributed by atoms with Gasteiger partial charge in [-0.25, -0.2) is 8.42 Å². The van der Waals surface area contributed by atoms with Crippen LogP contribution >= 0.6 is 11.3 Å². The van der Waals surface area contributed by atoms with E-state index in [2.05, 4.69) is 0 Å². The normalized spacial score (nSPS) is 17.9. The Morgan fingerprint density at radius 1 is 1.24 bits per heavy atom. The molecule has 0 radical (unpaired) electrons. The molecule has 0 atom stereocenters. The Balaban J connectivity index is 1.96. The van der Waals surface area contributed by atoms with E-state index in [-0.39, 0.29) is 5.91 Å². The van der Waals surface area contributed by atoms with Gasteiger partial charge >= 0.3 is 0 Å². The monoisotopic (exact) mass is 326 g/mol. The van der Waals surface area contributed by atoms with Gasteiger partial charge in [0.2, 0.25) is 5.91 Å². The van der Waals surface area contributed by atoms with Crippen molar-refractivity contribution in [2.75, 3.05) is 26.2 Å². The van der Waals surface area contributed by atoms with E-state index in [9.17, 15) is 13.2 Å². The highest BCUT2D eigenvalue weighted by molar-refractivity contribution is 7.91. The maximum atomic E-state index is 12.3. The van der Waals surface area contributed by atoms with E-state index in [0.29, 0.717) is 30.4 Å². The number of carbonyl (C=O) groups is 1. The van der Waals surface area contributed by atoms with Crippen LogP contribution in [-0.2, 0) is 14.8 Å². The van der Waals surface area contributed by atoms with Crippen LogP contribution in [0.2, 0.25) is 0 Å². The molecule has 0 aliphatic carbocycles. The smallest absolute Gasteiger partial charge is 0.252 e. The van der Waals surface area contributed by atoms with Crippen molar-refractivity contribution in [1.29, 1.82) is 0 Å². The van der Waals surface area contributed by atoms with Crippen LogP contribution in [0.25, 0.3) is 0 Å². The van der Waals surface area contributed by atoms with Crippen molar-refractivity contribution >= 4 is 27.3 Å². The summed E-state index contributed by atoms with van der Waals surface area (Å²) in [5.74, 6) is -0.0822. The SMILES string of the molecule is C/C=C/C=C/C(=O)N1CCN(S(=O)(=O)c2cccs2)CC1. The summed E-state index contributed by atoms with van der Waals surface area (Å²) in [6.45, 7) is 3.39. The average molecular weight is 326 g/mol. The Hall–Kier alpha value is -1.44. The lowest BCUT2D eigenvalue weighted by molar-refractivity contribution is -0.127. The largest absolute Gasteiger partial charge is 0.337 e. The lowest BCUT2D eigenvalue weighted by Crippen LogP contribution is -2.50. The molecule has 21 heavy (non-hydrogen) atoms. The lowest BCUT2D eigenvalue weighted by Gasteiger charge is -2.33. The number of sulfonamides is 1. The fourth-order valence-electron chi connectivity index (χ4n) is 2.04. The molecule has 1 amide bonds. The van der Waals surface area contributed by atoms with Gasteiger partial charge in [0.1, 0.15) is 4.21 Å². The molecule has 7 heteroatoms. The fraction of sp³-hybridized carbons (Fsp3) is 0.357. The molecule has 1 fully saturated rings. The van der Waals surface area contributed by atoms with E-state index >= 15 is 0 Å². The molecular weight excluding hydrogens is 308 g/mol. The minimum absolute atomic E-state index is 0.0822. The standard InChI is InChI=1S/C14H18N2O3S2/c1-2-3-4-6-13(17)15-8-10-16(11-9-15)21(18,19)14-7-5-12-20-14/h2-7,12H,8-11H2,1H3/b3-2+,6-4+. The second-order valence-corrected chi connectivity index (χ2v) is 7.66. The molecule has 0 saturated carbocycles. The first-order valence-electron chi connectivity index (χ1n) is 6.67. The van der Waals surface area contributed by atoms with Crippen LogP contribution in [0.4, 0.5) is 0 Å². The highest BCUT2D eigenvalue weighted by atomic mass is 32.2. The summed E-state index contributed by atoms with van der Waals surface area (Å²) in [5, 5.41) is 1.75. The lowest BCUT2D eigenvalue weighted by atomic mass is 10.3. The Kier molecular flexibility index (Phi) is 5.33. The third kappa shape index (κ3) is 3.81. The van der Waals surface area contributed by atoms with Crippen molar-refractivity contribution in [1.82, 2.24) is 9.21 Å². The van der Waals surface area contributed by atoms with Crippen LogP contribution in [-0.4, -0.2) is 49.7 Å². The summed E-state index contributed by atoms with van der Waals surface area (Å²) in [7, 11) is -3.40. The number of thiophene rings is 1. The van der Waals surface area contributed by atoms with Gasteiger partial charge in [-0.1, -0.05) is 24.3 Å². The topological polar surface area (TPSA) is 57.7 Å². The number of allylic oxidation sites excluding steroid dienone is 3. The molecule has 0 spiro atoms. The van der Waals surface area contributed by atoms with Crippen molar-refractivity contribution in [3.63, 3.8) is 0 Å². The minimum Gasteiger partial charge on any atom is -0.337 e. The van der Waals surface area contributed by atoms with E-state index in [1.807, 2.05) is 13.0 Å². The zero-order valence-electron chi connectivity index (χ0n) is 11.8. The summed E-state index contributed by atoms with van der Waals surface area (Å²) >= 11 is 1.22. The van der Waals surface area contributed by atoms with Crippen LogP contribution in [0.5, 0.6) is 0 Å². The van der Waals surface area contributed by atoms with Crippen molar-refractivity contribution in [2.45, 2.75) is 11.1 Å². The van der Waals surface area contributed by atoms with Gasteiger partial charge < -0.3 is 4.90 Å². The summed E-state index contributed by atoms with van der Waals surface area (Å²) in [4.78, 5) is 13.6. The Morgan fingerprint density at radius 2 is 1.95 bits per heavy atom. The summed E-state index contributed by atoms with van der Waals surface area (Å²) < 4.78 is 26.5. The molecule has 2 rings (SSSR count). The first-order valence-corrected chi connectivity index (χ1v) is 8.99. The number of carbonyl (C=O) groups excluding carboxylic acids is 1. The van der Waals surface area contributed by atoms with Crippen LogP contribution in [0.3, 0.4) is 0 Å². The zero-order chi connectivity index (χ0) is 15.3. The van der Waals surface area contributed by atoms with Gasteiger partial charge in [-0.05, 0) is 18.4 Å². The quantitative estimate of drug-likeness (QED) is 0.625. The van der Waals surface area contributed by atoms with Crippen LogP contribution < -0.4 is 0 Å². The molecule has 1 aliphatic heterocycles. The van der Waals surface area contributed by atoms with Crippen molar-refractivity contribution in [3.05, 3.63) is 41.8 Å². The molecule has 0 aromatic carbocycles. The molecule has 1 aromatic rings. The van der Waals surface area contributed by atoms with Crippen molar-refractivity contribution in [3.8, 4) is 0 Å². The average Bonchev–Trinajstić information content (AvgIpc) is 3.02. The van der Waals surface area contributed by atoms with Crippen LogP contribution in [0.15, 0.2) is 46.0 Å². The van der Waals surface area contributed by atoms with E-state index in [1.54, 1.807) is 34.6 Å². The van der Waals surface area contributed by atoms with Crippen LogP contribution in [0, 0.1) is 0 Å². The maximum absolute atomic E-state index is 12.3. The van der Waals surface area contributed by atoms with Gasteiger partial charge in [-0.15, -0.1) is 11.3 Å². The zero-order valence-corrected chi connectivity index (χ0v) is 13.4. The molecule has 2 heterocycles. The number of piperazine rings is 1. The summed E-state index contributed by atoms with van der Waals surface area (Å²) in [5.41, 5.74) is 0. The number of rotatable bonds is 4. The van der Waals surface area contributed by atoms with Gasteiger partial charge in [-0.2, -0.15) is 4.31 Å². The van der Waals surface area contributed by atoms with Crippen LogP contribution in [0.1, 0.15) is 6.92 Å². The first kappa shape index (κ1) is 15.9. The van der Waals surface area contributed by atoms with Crippen molar-refractivity contribution in [2.24, 2.45) is 0 Å². The molecule has 1 aromatic heterocycles. The molecule has 0 bridgehead atoms. The third-order valence-corrected chi connectivity index (χ3v) is 6.45. The molecule has 1 saturated heterocycles. The third-order valence-electron chi connectivity index (χ3n) is 3.18. The van der Waals surface area contributed by atoms with Gasteiger partial charge in [0.15, 0.2) is 0 Å². The molecule has 1 aliphatic rings.